The highest BCUT2D eigenvalue weighted by Gasteiger charge is 2.18. The first-order chi connectivity index (χ1) is 13.7. The summed E-state index contributed by atoms with van der Waals surface area (Å²) in [6, 6.07) is 10.5. The predicted octanol–water partition coefficient (Wildman–Crippen LogP) is 3.37. The standard InChI is InChI=1S/C21H25N5OS/c1-16-5-6-17(2)19(14-16)26-20(18-4-3-7-22-15-18)23-24-21(26)28-13-10-25-8-11-27-12-9-25/h3-7,14-15H,8-13H2,1-2H3. The van der Waals surface area contributed by atoms with E-state index in [1.54, 1.807) is 18.0 Å². The maximum Gasteiger partial charge on any atom is 0.196 e. The summed E-state index contributed by atoms with van der Waals surface area (Å²) in [5, 5.41) is 9.96. The number of hydrogen-bond acceptors (Lipinski definition) is 6. The van der Waals surface area contributed by atoms with E-state index in [-0.39, 0.29) is 0 Å². The van der Waals surface area contributed by atoms with Crippen LogP contribution < -0.4 is 0 Å². The quantitative estimate of drug-likeness (QED) is 0.597. The molecule has 1 aromatic carbocycles. The molecule has 0 spiro atoms. The van der Waals surface area contributed by atoms with Crippen molar-refractivity contribution in [2.75, 3.05) is 38.6 Å². The Labute approximate surface area is 170 Å². The molecule has 0 N–H and O–H groups in total. The van der Waals surface area contributed by atoms with E-state index in [9.17, 15) is 0 Å². The topological polar surface area (TPSA) is 56.1 Å². The largest absolute Gasteiger partial charge is 0.379 e. The van der Waals surface area contributed by atoms with Crippen molar-refractivity contribution in [3.63, 3.8) is 0 Å². The maximum atomic E-state index is 5.44. The summed E-state index contributed by atoms with van der Waals surface area (Å²) in [5.74, 6) is 1.80. The van der Waals surface area contributed by atoms with Gasteiger partial charge in [-0.3, -0.25) is 14.5 Å². The van der Waals surface area contributed by atoms with Crippen molar-refractivity contribution in [2.24, 2.45) is 0 Å². The second-order valence-corrected chi connectivity index (χ2v) is 8.04. The second kappa shape index (κ2) is 8.86. The van der Waals surface area contributed by atoms with Crippen molar-refractivity contribution in [3.8, 4) is 17.1 Å². The SMILES string of the molecule is Cc1ccc(C)c(-n2c(SCCN3CCOCC3)nnc2-c2cccnc2)c1. The zero-order valence-electron chi connectivity index (χ0n) is 16.3. The number of hydrogen-bond donors (Lipinski definition) is 0. The van der Waals surface area contributed by atoms with Gasteiger partial charge in [0.05, 0.1) is 18.9 Å². The highest BCUT2D eigenvalue weighted by Crippen LogP contribution is 2.29. The van der Waals surface area contributed by atoms with Gasteiger partial charge in [-0.2, -0.15) is 0 Å². The minimum atomic E-state index is 0.828. The maximum absolute atomic E-state index is 5.44. The van der Waals surface area contributed by atoms with Gasteiger partial charge in [-0.1, -0.05) is 23.9 Å². The van der Waals surface area contributed by atoms with Crippen LogP contribution in [0.3, 0.4) is 0 Å². The molecule has 0 radical (unpaired) electrons. The Morgan fingerprint density at radius 1 is 1.11 bits per heavy atom. The number of aromatic nitrogens is 4. The lowest BCUT2D eigenvalue weighted by Crippen LogP contribution is -2.37. The van der Waals surface area contributed by atoms with Crippen molar-refractivity contribution in [1.29, 1.82) is 0 Å². The first-order valence-electron chi connectivity index (χ1n) is 9.59. The number of aryl methyl sites for hydroxylation is 2. The third-order valence-electron chi connectivity index (χ3n) is 4.90. The summed E-state index contributed by atoms with van der Waals surface area (Å²) in [6.07, 6.45) is 3.62. The van der Waals surface area contributed by atoms with E-state index in [0.29, 0.717) is 0 Å². The van der Waals surface area contributed by atoms with Gasteiger partial charge in [-0.25, -0.2) is 0 Å². The van der Waals surface area contributed by atoms with Crippen molar-refractivity contribution in [1.82, 2.24) is 24.6 Å². The molecule has 1 aliphatic heterocycles. The molecule has 0 atom stereocenters. The van der Waals surface area contributed by atoms with Gasteiger partial charge < -0.3 is 4.74 Å². The van der Waals surface area contributed by atoms with Crippen LogP contribution in [0.2, 0.25) is 0 Å². The number of ether oxygens (including phenoxy) is 1. The molecule has 0 amide bonds. The normalized spacial score (nSPS) is 15.1. The Hall–Kier alpha value is -2.22. The summed E-state index contributed by atoms with van der Waals surface area (Å²) < 4.78 is 7.61. The fourth-order valence-corrected chi connectivity index (χ4v) is 4.26. The molecule has 28 heavy (non-hydrogen) atoms. The minimum absolute atomic E-state index is 0.828. The molecule has 2 aromatic heterocycles. The fourth-order valence-electron chi connectivity index (χ4n) is 3.31. The van der Waals surface area contributed by atoms with Gasteiger partial charge >= 0.3 is 0 Å². The van der Waals surface area contributed by atoms with Crippen LogP contribution in [-0.4, -0.2) is 63.2 Å². The minimum Gasteiger partial charge on any atom is -0.379 e. The lowest BCUT2D eigenvalue weighted by atomic mass is 10.1. The number of rotatable bonds is 6. The molecule has 1 saturated heterocycles. The first-order valence-corrected chi connectivity index (χ1v) is 10.6. The van der Waals surface area contributed by atoms with Crippen LogP contribution in [0.4, 0.5) is 0 Å². The van der Waals surface area contributed by atoms with Crippen molar-refractivity contribution in [2.45, 2.75) is 19.0 Å². The molecule has 0 bridgehead atoms. The third kappa shape index (κ3) is 4.27. The van der Waals surface area contributed by atoms with E-state index < -0.39 is 0 Å². The highest BCUT2D eigenvalue weighted by atomic mass is 32.2. The number of benzene rings is 1. The molecule has 0 aliphatic carbocycles. The lowest BCUT2D eigenvalue weighted by molar-refractivity contribution is 0.0410. The van der Waals surface area contributed by atoms with E-state index in [1.165, 1.54) is 11.1 Å². The first kappa shape index (κ1) is 19.1. The molecule has 6 nitrogen and oxygen atoms in total. The number of thioether (sulfide) groups is 1. The predicted molar refractivity (Wildman–Crippen MR) is 112 cm³/mol. The Kier molecular flexibility index (Phi) is 6.04. The average molecular weight is 396 g/mol. The summed E-state index contributed by atoms with van der Waals surface area (Å²) >= 11 is 1.75. The van der Waals surface area contributed by atoms with Crippen LogP contribution in [0, 0.1) is 13.8 Å². The van der Waals surface area contributed by atoms with Crippen LogP contribution in [0.25, 0.3) is 17.1 Å². The summed E-state index contributed by atoms with van der Waals surface area (Å²) in [5.41, 5.74) is 4.51. The van der Waals surface area contributed by atoms with E-state index in [4.69, 9.17) is 4.74 Å². The van der Waals surface area contributed by atoms with Crippen LogP contribution >= 0.6 is 11.8 Å². The Balaban J connectivity index is 1.64. The zero-order chi connectivity index (χ0) is 19.3. The van der Waals surface area contributed by atoms with Gasteiger partial charge in [0.1, 0.15) is 0 Å². The highest BCUT2D eigenvalue weighted by molar-refractivity contribution is 7.99. The van der Waals surface area contributed by atoms with Gasteiger partial charge in [-0.15, -0.1) is 10.2 Å². The zero-order valence-corrected chi connectivity index (χ0v) is 17.2. The van der Waals surface area contributed by atoms with Crippen LogP contribution in [0.1, 0.15) is 11.1 Å². The third-order valence-corrected chi connectivity index (χ3v) is 5.81. The van der Waals surface area contributed by atoms with Gasteiger partial charge in [0.25, 0.3) is 0 Å². The van der Waals surface area contributed by atoms with Gasteiger partial charge in [0.2, 0.25) is 0 Å². The fraction of sp³-hybridized carbons (Fsp3) is 0.381. The van der Waals surface area contributed by atoms with E-state index in [2.05, 4.69) is 56.7 Å². The van der Waals surface area contributed by atoms with Gasteiger partial charge in [0, 0.05) is 43.3 Å². The molecule has 3 aromatic rings. The summed E-state index contributed by atoms with van der Waals surface area (Å²) in [4.78, 5) is 6.70. The van der Waals surface area contributed by atoms with E-state index >= 15 is 0 Å². The van der Waals surface area contributed by atoms with Crippen LogP contribution in [-0.2, 0) is 4.74 Å². The smallest absolute Gasteiger partial charge is 0.196 e. The molecular formula is C21H25N5OS. The van der Waals surface area contributed by atoms with Crippen molar-refractivity contribution >= 4 is 11.8 Å². The molecule has 1 aliphatic rings. The molecule has 1 fully saturated rings. The Morgan fingerprint density at radius 3 is 2.75 bits per heavy atom. The number of morpholine rings is 1. The molecule has 4 rings (SSSR count). The van der Waals surface area contributed by atoms with Gasteiger partial charge in [-0.05, 0) is 43.2 Å². The molecular weight excluding hydrogens is 370 g/mol. The van der Waals surface area contributed by atoms with E-state index in [0.717, 1.165) is 60.8 Å². The van der Waals surface area contributed by atoms with Crippen LogP contribution in [0.5, 0.6) is 0 Å². The second-order valence-electron chi connectivity index (χ2n) is 6.98. The van der Waals surface area contributed by atoms with E-state index in [1.807, 2.05) is 18.3 Å². The molecule has 146 valence electrons. The van der Waals surface area contributed by atoms with Crippen molar-refractivity contribution < 1.29 is 4.74 Å². The van der Waals surface area contributed by atoms with Crippen LogP contribution in [0.15, 0.2) is 47.9 Å². The number of nitrogens with zero attached hydrogens (tertiary/aromatic N) is 5. The summed E-state index contributed by atoms with van der Waals surface area (Å²) in [7, 11) is 0. The Morgan fingerprint density at radius 2 is 1.96 bits per heavy atom. The van der Waals surface area contributed by atoms with Gasteiger partial charge in [0.15, 0.2) is 11.0 Å². The average Bonchev–Trinajstić information content (AvgIpc) is 3.15. The Bertz CT molecular complexity index is 922. The molecule has 7 heteroatoms. The molecule has 0 unspecified atom stereocenters. The molecule has 3 heterocycles. The lowest BCUT2D eigenvalue weighted by Gasteiger charge is -2.26. The summed E-state index contributed by atoms with van der Waals surface area (Å²) in [6.45, 7) is 8.93. The van der Waals surface area contributed by atoms with Crippen molar-refractivity contribution in [3.05, 3.63) is 53.9 Å². The monoisotopic (exact) mass is 395 g/mol. The molecule has 0 saturated carbocycles. The number of pyridine rings is 1.